The van der Waals surface area contributed by atoms with Crippen LogP contribution in [0, 0.1) is 0 Å². The van der Waals surface area contributed by atoms with Gasteiger partial charge in [0.25, 0.3) is 0 Å². The van der Waals surface area contributed by atoms with Crippen LogP contribution in [0.3, 0.4) is 0 Å². The van der Waals surface area contributed by atoms with Crippen molar-refractivity contribution in [2.45, 2.75) is 25.7 Å². The van der Waals surface area contributed by atoms with Gasteiger partial charge in [-0.3, -0.25) is 4.98 Å². The van der Waals surface area contributed by atoms with Gasteiger partial charge in [-0.15, -0.1) is 11.3 Å². The molecule has 0 bridgehead atoms. The summed E-state index contributed by atoms with van der Waals surface area (Å²) in [5, 5.41) is 9.16. The first kappa shape index (κ1) is 19.9. The van der Waals surface area contributed by atoms with Crippen LogP contribution in [-0.4, -0.2) is 33.7 Å². The van der Waals surface area contributed by atoms with Gasteiger partial charge in [-0.05, 0) is 31.2 Å². The van der Waals surface area contributed by atoms with Crippen molar-refractivity contribution < 1.29 is 13.2 Å². The number of hydrogen-bond donors (Lipinski definition) is 2. The van der Waals surface area contributed by atoms with Gasteiger partial charge in [0.05, 0.1) is 40.6 Å². The van der Waals surface area contributed by atoms with E-state index in [0.717, 1.165) is 41.3 Å². The molecule has 0 saturated heterocycles. The number of nitrogens with one attached hydrogen (secondary N) is 2. The number of aromatic nitrogens is 3. The number of pyridine rings is 1. The highest BCUT2D eigenvalue weighted by Crippen LogP contribution is 2.41. The Morgan fingerprint density at radius 3 is 2.77 bits per heavy atom. The van der Waals surface area contributed by atoms with Gasteiger partial charge in [-0.2, -0.15) is 13.2 Å². The van der Waals surface area contributed by atoms with E-state index in [2.05, 4.69) is 39.1 Å². The summed E-state index contributed by atoms with van der Waals surface area (Å²) in [6.45, 7) is 6.88. The van der Waals surface area contributed by atoms with Crippen LogP contribution >= 0.6 is 11.3 Å². The third-order valence-electron chi connectivity index (χ3n) is 5.34. The Labute approximate surface area is 180 Å². The minimum absolute atomic E-state index is 0.269. The molecule has 3 aromatic heterocycles. The standard InChI is InChI=1S/C22H18F3N5S/c1-11-7-28-21-19(10-27-11)31-18-6-5-14-13(20(18)21)3-4-15(29-14)17-9-26-8-16(30-17)12(2)22(23,24)25/h3-6,8-9,11,27-28H,2,7,10H2,1H3/t11-/m1/s1. The molecule has 4 heterocycles. The molecule has 1 aliphatic rings. The van der Waals surface area contributed by atoms with Gasteiger partial charge in [-0.25, -0.2) is 9.97 Å². The summed E-state index contributed by atoms with van der Waals surface area (Å²) >= 11 is 1.75. The second-order valence-electron chi connectivity index (χ2n) is 7.53. The molecule has 0 fully saturated rings. The lowest BCUT2D eigenvalue weighted by molar-refractivity contribution is -0.0689. The molecule has 1 aromatic carbocycles. The summed E-state index contributed by atoms with van der Waals surface area (Å²) in [7, 11) is 0. The number of anilines is 1. The predicted octanol–water partition coefficient (Wildman–Crippen LogP) is 5.39. The van der Waals surface area contributed by atoms with Crippen molar-refractivity contribution >= 4 is 43.6 Å². The third-order valence-corrected chi connectivity index (χ3v) is 6.49. The van der Waals surface area contributed by atoms with Gasteiger partial charge in [-0.1, -0.05) is 6.58 Å². The molecular weight excluding hydrogens is 423 g/mol. The molecule has 2 N–H and O–H groups in total. The largest absolute Gasteiger partial charge is 0.417 e. The minimum Gasteiger partial charge on any atom is -0.382 e. The first-order valence-electron chi connectivity index (χ1n) is 9.72. The van der Waals surface area contributed by atoms with Crippen LogP contribution in [0.25, 0.3) is 38.0 Å². The van der Waals surface area contributed by atoms with Crippen LogP contribution in [-0.2, 0) is 6.54 Å². The molecule has 1 aliphatic heterocycles. The summed E-state index contributed by atoms with van der Waals surface area (Å²) in [6, 6.07) is 8.05. The van der Waals surface area contributed by atoms with E-state index in [1.165, 1.54) is 15.8 Å². The van der Waals surface area contributed by atoms with E-state index in [1.54, 1.807) is 17.4 Å². The van der Waals surface area contributed by atoms with Gasteiger partial charge in [0, 0.05) is 39.5 Å². The molecule has 4 aromatic rings. The van der Waals surface area contributed by atoms with Crippen molar-refractivity contribution in [3.63, 3.8) is 0 Å². The monoisotopic (exact) mass is 441 g/mol. The number of halogens is 3. The van der Waals surface area contributed by atoms with E-state index in [0.29, 0.717) is 11.7 Å². The SMILES string of the molecule is C=C(c1cncc(-c2ccc3c(ccc4sc5c(c43)NC[C@@H](C)NC5)n2)n1)C(F)(F)F. The first-order chi connectivity index (χ1) is 14.8. The molecule has 1 atom stereocenters. The molecule has 0 saturated carbocycles. The molecule has 0 aliphatic carbocycles. The van der Waals surface area contributed by atoms with Gasteiger partial charge < -0.3 is 10.6 Å². The molecule has 9 heteroatoms. The van der Waals surface area contributed by atoms with Crippen molar-refractivity contribution in [2.24, 2.45) is 0 Å². The maximum atomic E-state index is 13.0. The Bertz CT molecular complexity index is 1330. The Hall–Kier alpha value is -3.04. The summed E-state index contributed by atoms with van der Waals surface area (Å²) < 4.78 is 40.1. The van der Waals surface area contributed by atoms with Gasteiger partial charge in [0.2, 0.25) is 0 Å². The predicted molar refractivity (Wildman–Crippen MR) is 118 cm³/mol. The fourth-order valence-electron chi connectivity index (χ4n) is 3.68. The number of thiophene rings is 1. The minimum atomic E-state index is -4.56. The number of hydrogen-bond acceptors (Lipinski definition) is 6. The van der Waals surface area contributed by atoms with Crippen LogP contribution in [0.1, 0.15) is 17.5 Å². The molecule has 0 radical (unpaired) electrons. The molecular formula is C22H18F3N5S. The summed E-state index contributed by atoms with van der Waals surface area (Å²) in [6.07, 6.45) is -2.10. The molecule has 0 spiro atoms. The fourth-order valence-corrected chi connectivity index (χ4v) is 4.83. The van der Waals surface area contributed by atoms with E-state index in [-0.39, 0.29) is 11.4 Å². The Morgan fingerprint density at radius 2 is 1.97 bits per heavy atom. The van der Waals surface area contributed by atoms with Crippen LogP contribution < -0.4 is 10.6 Å². The zero-order valence-electron chi connectivity index (χ0n) is 16.5. The Kier molecular flexibility index (Phi) is 4.67. The highest BCUT2D eigenvalue weighted by atomic mass is 32.1. The summed E-state index contributed by atoms with van der Waals surface area (Å²) in [5.41, 5.74) is 1.27. The van der Waals surface area contributed by atoms with Gasteiger partial charge in [0.15, 0.2) is 0 Å². The lowest BCUT2D eigenvalue weighted by Crippen LogP contribution is -2.29. The van der Waals surface area contributed by atoms with Crippen molar-refractivity contribution in [3.8, 4) is 11.4 Å². The normalized spacial score (nSPS) is 16.7. The van der Waals surface area contributed by atoms with Crippen LogP contribution in [0.5, 0.6) is 0 Å². The molecule has 0 amide bonds. The maximum Gasteiger partial charge on any atom is 0.417 e. The average molecular weight is 441 g/mol. The highest BCUT2D eigenvalue weighted by molar-refractivity contribution is 7.20. The Morgan fingerprint density at radius 1 is 1.13 bits per heavy atom. The zero-order chi connectivity index (χ0) is 21.8. The number of nitrogens with zero attached hydrogens (tertiary/aromatic N) is 3. The van der Waals surface area contributed by atoms with Crippen molar-refractivity contribution in [2.75, 3.05) is 11.9 Å². The van der Waals surface area contributed by atoms with E-state index in [9.17, 15) is 13.2 Å². The second-order valence-corrected chi connectivity index (χ2v) is 8.67. The first-order valence-corrected chi connectivity index (χ1v) is 10.5. The second kappa shape index (κ2) is 7.28. The van der Waals surface area contributed by atoms with Crippen molar-refractivity contribution in [3.05, 3.63) is 53.8 Å². The van der Waals surface area contributed by atoms with Gasteiger partial charge >= 0.3 is 6.18 Å². The maximum absolute atomic E-state index is 13.0. The van der Waals surface area contributed by atoms with E-state index < -0.39 is 11.7 Å². The lowest BCUT2D eigenvalue weighted by Gasteiger charge is -2.11. The van der Waals surface area contributed by atoms with E-state index in [4.69, 9.17) is 0 Å². The number of allylic oxidation sites excluding steroid dienone is 1. The van der Waals surface area contributed by atoms with E-state index in [1.807, 2.05) is 18.2 Å². The van der Waals surface area contributed by atoms with Crippen molar-refractivity contribution in [1.29, 1.82) is 0 Å². The van der Waals surface area contributed by atoms with E-state index >= 15 is 0 Å². The highest BCUT2D eigenvalue weighted by Gasteiger charge is 2.34. The molecule has 31 heavy (non-hydrogen) atoms. The van der Waals surface area contributed by atoms with Gasteiger partial charge in [0.1, 0.15) is 5.69 Å². The van der Waals surface area contributed by atoms with Crippen LogP contribution in [0.15, 0.2) is 43.2 Å². The molecule has 5 rings (SSSR count). The molecule has 158 valence electrons. The number of fused-ring (bicyclic) bond motifs is 5. The summed E-state index contributed by atoms with van der Waals surface area (Å²) in [5.74, 6) is 0. The average Bonchev–Trinajstić information content (AvgIpc) is 3.02. The summed E-state index contributed by atoms with van der Waals surface area (Å²) in [4.78, 5) is 13.9. The lowest BCUT2D eigenvalue weighted by atomic mass is 10.1. The van der Waals surface area contributed by atoms with Crippen LogP contribution in [0.4, 0.5) is 18.9 Å². The number of alkyl halides is 3. The fraction of sp³-hybridized carbons (Fsp3) is 0.227. The zero-order valence-corrected chi connectivity index (χ0v) is 17.4. The molecule has 5 nitrogen and oxygen atoms in total. The smallest absolute Gasteiger partial charge is 0.382 e. The number of rotatable bonds is 2. The molecule has 0 unspecified atom stereocenters. The van der Waals surface area contributed by atoms with Crippen molar-refractivity contribution in [1.82, 2.24) is 20.3 Å². The van der Waals surface area contributed by atoms with Crippen LogP contribution in [0.2, 0.25) is 0 Å². The third kappa shape index (κ3) is 3.53. The quantitative estimate of drug-likeness (QED) is 0.437. The topological polar surface area (TPSA) is 62.7 Å². The number of benzene rings is 1. The Balaban J connectivity index is 1.60.